The minimum absolute atomic E-state index is 0.0494. The number of halogens is 3. The number of benzene rings is 1. The number of nitrogens with zero attached hydrogens (tertiary/aromatic N) is 1. The van der Waals surface area contributed by atoms with Crippen LogP contribution in [0.2, 0.25) is 0 Å². The molecule has 0 heterocycles. The molecular formula is C9H9F3N2O4S2. The first kappa shape index (κ1) is 16.7. The highest BCUT2D eigenvalue weighted by Crippen LogP contribution is 2.36. The van der Waals surface area contributed by atoms with Crippen LogP contribution in [0.3, 0.4) is 0 Å². The molecule has 2 N–H and O–H groups in total. The molecule has 0 radical (unpaired) electrons. The van der Waals surface area contributed by atoms with Crippen LogP contribution in [0.25, 0.3) is 0 Å². The van der Waals surface area contributed by atoms with Crippen LogP contribution in [0.5, 0.6) is 0 Å². The Kier molecular flexibility index (Phi) is 5.00. The molecule has 0 aliphatic heterocycles. The van der Waals surface area contributed by atoms with Gasteiger partial charge in [0, 0.05) is 11.8 Å². The van der Waals surface area contributed by atoms with Crippen LogP contribution < -0.4 is 5.14 Å². The van der Waals surface area contributed by atoms with E-state index in [1.54, 1.807) is 0 Å². The average molecular weight is 330 g/mol. The maximum Gasteiger partial charge on any atom is 0.416 e. The van der Waals surface area contributed by atoms with Crippen molar-refractivity contribution in [3.63, 3.8) is 0 Å². The third kappa shape index (κ3) is 4.98. The van der Waals surface area contributed by atoms with Crippen molar-refractivity contribution in [2.45, 2.75) is 11.1 Å². The Morgan fingerprint density at radius 3 is 2.40 bits per heavy atom. The predicted octanol–water partition coefficient (Wildman–Crippen LogP) is 1.99. The zero-order valence-electron chi connectivity index (χ0n) is 9.75. The fourth-order valence-electron chi connectivity index (χ4n) is 1.23. The molecule has 0 saturated heterocycles. The molecule has 0 atom stereocenters. The topological polar surface area (TPSA) is 103 Å². The highest BCUT2D eigenvalue weighted by Gasteiger charge is 2.33. The van der Waals surface area contributed by atoms with Crippen molar-refractivity contribution in [2.75, 3.05) is 11.5 Å². The van der Waals surface area contributed by atoms with Crippen molar-refractivity contribution in [2.24, 2.45) is 5.14 Å². The summed E-state index contributed by atoms with van der Waals surface area (Å²) in [6.45, 7) is 0. The third-order valence-electron chi connectivity index (χ3n) is 2.11. The number of sulfonamides is 1. The monoisotopic (exact) mass is 330 g/mol. The van der Waals surface area contributed by atoms with Gasteiger partial charge in [0.2, 0.25) is 10.0 Å². The number of primary sulfonamides is 1. The van der Waals surface area contributed by atoms with E-state index in [9.17, 15) is 31.7 Å². The fraction of sp³-hybridized carbons (Fsp3) is 0.333. The van der Waals surface area contributed by atoms with Gasteiger partial charge in [0.15, 0.2) is 0 Å². The van der Waals surface area contributed by atoms with Crippen LogP contribution in [0.4, 0.5) is 18.9 Å². The van der Waals surface area contributed by atoms with Crippen LogP contribution in [0.1, 0.15) is 5.56 Å². The van der Waals surface area contributed by atoms with E-state index in [0.29, 0.717) is 12.1 Å². The molecule has 0 aliphatic rings. The molecule has 1 aromatic carbocycles. The van der Waals surface area contributed by atoms with Crippen molar-refractivity contribution < 1.29 is 26.5 Å². The highest BCUT2D eigenvalue weighted by atomic mass is 32.2. The highest BCUT2D eigenvalue weighted by molar-refractivity contribution is 8.00. The van der Waals surface area contributed by atoms with E-state index in [1.165, 1.54) is 0 Å². The van der Waals surface area contributed by atoms with Crippen LogP contribution in [0.15, 0.2) is 23.1 Å². The average Bonchev–Trinajstić information content (AvgIpc) is 2.25. The molecule has 20 heavy (non-hydrogen) atoms. The lowest BCUT2D eigenvalue weighted by Crippen LogP contribution is -2.17. The lowest BCUT2D eigenvalue weighted by Gasteiger charge is -2.08. The molecule has 0 spiro atoms. The van der Waals surface area contributed by atoms with Gasteiger partial charge in [-0.05, 0) is 12.1 Å². The number of thioether (sulfide) groups is 1. The summed E-state index contributed by atoms with van der Waals surface area (Å²) in [6.07, 6.45) is -4.69. The minimum atomic E-state index is -4.69. The summed E-state index contributed by atoms with van der Waals surface area (Å²) in [4.78, 5) is 9.74. The van der Waals surface area contributed by atoms with Crippen LogP contribution in [-0.4, -0.2) is 24.8 Å². The molecule has 0 amide bonds. The van der Waals surface area contributed by atoms with E-state index in [1.807, 2.05) is 0 Å². The molecule has 0 saturated carbocycles. The number of hydrogen-bond donors (Lipinski definition) is 1. The van der Waals surface area contributed by atoms with Crippen molar-refractivity contribution in [1.82, 2.24) is 0 Å². The van der Waals surface area contributed by atoms with E-state index < -0.39 is 38.1 Å². The molecule has 0 unspecified atom stereocenters. The van der Waals surface area contributed by atoms with Gasteiger partial charge in [0.05, 0.1) is 21.1 Å². The van der Waals surface area contributed by atoms with Gasteiger partial charge < -0.3 is 0 Å². The van der Waals surface area contributed by atoms with Crippen molar-refractivity contribution in [3.05, 3.63) is 33.9 Å². The molecule has 0 aliphatic carbocycles. The summed E-state index contributed by atoms with van der Waals surface area (Å²) in [5.41, 5.74) is -1.86. The van der Waals surface area contributed by atoms with E-state index >= 15 is 0 Å². The van der Waals surface area contributed by atoms with Crippen LogP contribution >= 0.6 is 11.8 Å². The Bertz CT molecular complexity index is 616. The van der Waals surface area contributed by atoms with Crippen LogP contribution in [-0.2, 0) is 16.2 Å². The lowest BCUT2D eigenvalue weighted by molar-refractivity contribution is -0.388. The van der Waals surface area contributed by atoms with E-state index in [2.05, 4.69) is 0 Å². The normalized spacial score (nSPS) is 12.4. The van der Waals surface area contributed by atoms with Gasteiger partial charge in [-0.25, -0.2) is 13.6 Å². The molecule has 0 aromatic heterocycles. The molecule has 1 aromatic rings. The van der Waals surface area contributed by atoms with E-state index in [-0.39, 0.29) is 10.6 Å². The number of rotatable bonds is 5. The Hall–Kier alpha value is -1.33. The molecule has 112 valence electrons. The maximum absolute atomic E-state index is 12.4. The Balaban J connectivity index is 3.00. The standard InChI is InChI=1S/C9H9F3N2O4S2/c10-9(11,12)6-1-2-8(7(5-6)14(15)16)19-3-4-20(13,17)18/h1-2,5H,3-4H2,(H2,13,17,18). The molecule has 11 heteroatoms. The molecule has 1 rings (SSSR count). The zero-order valence-corrected chi connectivity index (χ0v) is 11.4. The van der Waals surface area contributed by atoms with Gasteiger partial charge in [-0.2, -0.15) is 13.2 Å². The SMILES string of the molecule is NS(=O)(=O)CCSc1ccc(C(F)(F)F)cc1[N+](=O)[O-]. The van der Waals surface area contributed by atoms with Crippen molar-refractivity contribution in [3.8, 4) is 0 Å². The van der Waals surface area contributed by atoms with Gasteiger partial charge in [-0.15, -0.1) is 11.8 Å². The zero-order chi connectivity index (χ0) is 15.6. The summed E-state index contributed by atoms with van der Waals surface area (Å²) in [5, 5.41) is 15.5. The number of hydrogen-bond acceptors (Lipinski definition) is 5. The van der Waals surface area contributed by atoms with E-state index in [4.69, 9.17) is 5.14 Å². The first-order valence-electron chi connectivity index (χ1n) is 4.99. The Morgan fingerprint density at radius 2 is 1.95 bits per heavy atom. The first-order chi connectivity index (χ1) is 9.00. The first-order valence-corrected chi connectivity index (χ1v) is 7.70. The second-order valence-corrected chi connectivity index (χ2v) is 6.52. The Labute approximate surface area is 116 Å². The molecule has 0 bridgehead atoms. The third-order valence-corrected chi connectivity index (χ3v) is 4.20. The number of nitro groups is 1. The van der Waals surface area contributed by atoms with Gasteiger partial charge in [-0.1, -0.05) is 0 Å². The number of nitrogens with two attached hydrogens (primary N) is 1. The summed E-state index contributed by atoms with van der Waals surface area (Å²) in [7, 11) is -3.73. The fourth-order valence-corrected chi connectivity index (χ4v) is 3.15. The largest absolute Gasteiger partial charge is 0.416 e. The summed E-state index contributed by atoms with van der Waals surface area (Å²) in [5.74, 6) is -0.527. The molecular weight excluding hydrogens is 321 g/mol. The Morgan fingerprint density at radius 1 is 1.35 bits per heavy atom. The predicted molar refractivity (Wildman–Crippen MR) is 66.8 cm³/mol. The van der Waals surface area contributed by atoms with Gasteiger partial charge in [0.25, 0.3) is 5.69 Å². The lowest BCUT2D eigenvalue weighted by atomic mass is 10.2. The second-order valence-electron chi connectivity index (χ2n) is 3.65. The quantitative estimate of drug-likeness (QED) is 0.505. The van der Waals surface area contributed by atoms with Crippen molar-refractivity contribution in [1.29, 1.82) is 0 Å². The van der Waals surface area contributed by atoms with E-state index in [0.717, 1.165) is 17.8 Å². The number of nitro benzene ring substituents is 1. The molecule has 0 fully saturated rings. The summed E-state index contributed by atoms with van der Waals surface area (Å²) < 4.78 is 58.8. The van der Waals surface area contributed by atoms with Crippen LogP contribution in [0, 0.1) is 10.1 Å². The second kappa shape index (κ2) is 5.97. The van der Waals surface area contributed by atoms with Gasteiger partial charge >= 0.3 is 6.18 Å². The van der Waals surface area contributed by atoms with Gasteiger partial charge in [0.1, 0.15) is 0 Å². The minimum Gasteiger partial charge on any atom is -0.258 e. The molecule has 6 nitrogen and oxygen atoms in total. The van der Waals surface area contributed by atoms with Gasteiger partial charge in [-0.3, -0.25) is 10.1 Å². The smallest absolute Gasteiger partial charge is 0.258 e. The number of alkyl halides is 3. The maximum atomic E-state index is 12.4. The summed E-state index contributed by atoms with van der Waals surface area (Å²) >= 11 is 0.753. The van der Waals surface area contributed by atoms with Crippen molar-refractivity contribution >= 4 is 27.5 Å². The summed E-state index contributed by atoms with van der Waals surface area (Å²) in [6, 6.07) is 2.06.